The van der Waals surface area contributed by atoms with Crippen molar-refractivity contribution < 1.29 is 14.1 Å². The lowest BCUT2D eigenvalue weighted by atomic mass is 9.75. The predicted octanol–water partition coefficient (Wildman–Crippen LogP) is 2.17. The Labute approximate surface area is 131 Å². The molecule has 1 aliphatic heterocycles. The first-order valence-corrected chi connectivity index (χ1v) is 8.51. The number of halogens is 1. The summed E-state index contributed by atoms with van der Waals surface area (Å²) in [7, 11) is 0. The molecule has 1 heterocycles. The maximum absolute atomic E-state index is 13.5. The normalized spacial score (nSPS) is 28.0. The van der Waals surface area contributed by atoms with E-state index in [0.29, 0.717) is 17.8 Å². The number of carbonyl (C=O) groups excluding carboxylic acids is 1. The standard InChI is InChI=1S/C18H25FN2O/c1-13-6-7-16(10-17(13)19)20-18(22)12-21-9-8-14-4-2-3-5-15(14)11-21/h6-7,10,14-15H,2-5,8-9,11-12H2,1H3,(H,20,22)/p+1/t14-,15-/m1/s1. The van der Waals surface area contributed by atoms with Gasteiger partial charge in [0.15, 0.2) is 6.54 Å². The zero-order valence-electron chi connectivity index (χ0n) is 13.3. The Kier molecular flexibility index (Phi) is 4.77. The minimum absolute atomic E-state index is 0.00693. The van der Waals surface area contributed by atoms with Crippen LogP contribution in [0, 0.1) is 24.6 Å². The maximum atomic E-state index is 13.5. The van der Waals surface area contributed by atoms with Gasteiger partial charge in [-0.15, -0.1) is 0 Å². The Hall–Kier alpha value is -1.42. The molecule has 1 aromatic rings. The van der Waals surface area contributed by atoms with Crippen LogP contribution in [0.1, 0.15) is 37.7 Å². The van der Waals surface area contributed by atoms with Gasteiger partial charge >= 0.3 is 0 Å². The van der Waals surface area contributed by atoms with Gasteiger partial charge in [0.25, 0.3) is 5.91 Å². The van der Waals surface area contributed by atoms with Crippen molar-refractivity contribution in [1.82, 2.24) is 0 Å². The number of piperidine rings is 1. The van der Waals surface area contributed by atoms with Crippen LogP contribution in [0.4, 0.5) is 10.1 Å². The van der Waals surface area contributed by atoms with Gasteiger partial charge in [0.1, 0.15) is 5.82 Å². The van der Waals surface area contributed by atoms with Crippen LogP contribution in [0.25, 0.3) is 0 Å². The molecule has 1 unspecified atom stereocenters. The number of likely N-dealkylation sites (tertiary alicyclic amines) is 1. The van der Waals surface area contributed by atoms with Crippen molar-refractivity contribution >= 4 is 11.6 Å². The van der Waals surface area contributed by atoms with Crippen LogP contribution in [0.5, 0.6) is 0 Å². The third-order valence-corrected chi connectivity index (χ3v) is 5.35. The van der Waals surface area contributed by atoms with Gasteiger partial charge in [0.2, 0.25) is 0 Å². The number of hydrogen-bond donors (Lipinski definition) is 2. The lowest BCUT2D eigenvalue weighted by Crippen LogP contribution is -3.15. The predicted molar refractivity (Wildman–Crippen MR) is 85.4 cm³/mol. The minimum atomic E-state index is -0.270. The summed E-state index contributed by atoms with van der Waals surface area (Å²) in [5.74, 6) is 1.43. The van der Waals surface area contributed by atoms with Gasteiger partial charge in [0, 0.05) is 11.6 Å². The lowest BCUT2D eigenvalue weighted by Gasteiger charge is -2.38. The first-order valence-electron chi connectivity index (χ1n) is 8.51. The molecule has 0 aromatic heterocycles. The molecule has 0 bridgehead atoms. The summed E-state index contributed by atoms with van der Waals surface area (Å²) in [6.45, 7) is 4.44. The topological polar surface area (TPSA) is 33.5 Å². The molecule has 3 atom stereocenters. The summed E-state index contributed by atoms with van der Waals surface area (Å²) in [6.07, 6.45) is 6.71. The number of anilines is 1. The van der Waals surface area contributed by atoms with Gasteiger partial charge in [-0.3, -0.25) is 4.79 Å². The van der Waals surface area contributed by atoms with Gasteiger partial charge in [-0.2, -0.15) is 0 Å². The van der Waals surface area contributed by atoms with Crippen molar-refractivity contribution in [2.24, 2.45) is 11.8 Å². The van der Waals surface area contributed by atoms with Gasteiger partial charge in [-0.1, -0.05) is 18.9 Å². The summed E-state index contributed by atoms with van der Waals surface area (Å²) in [5, 5.41) is 2.83. The van der Waals surface area contributed by atoms with E-state index in [9.17, 15) is 9.18 Å². The van der Waals surface area contributed by atoms with Gasteiger partial charge in [0.05, 0.1) is 13.1 Å². The highest BCUT2D eigenvalue weighted by Gasteiger charge is 2.34. The number of aryl methyl sites for hydroxylation is 1. The molecule has 2 fully saturated rings. The summed E-state index contributed by atoms with van der Waals surface area (Å²) in [5.41, 5.74) is 1.16. The van der Waals surface area contributed by atoms with Crippen molar-refractivity contribution in [2.75, 3.05) is 25.0 Å². The summed E-state index contributed by atoms with van der Waals surface area (Å²) in [4.78, 5) is 13.6. The molecule has 1 aliphatic carbocycles. The van der Waals surface area contributed by atoms with Crippen LogP contribution >= 0.6 is 0 Å². The minimum Gasteiger partial charge on any atom is -0.327 e. The molecule has 120 valence electrons. The third kappa shape index (κ3) is 3.67. The largest absolute Gasteiger partial charge is 0.327 e. The monoisotopic (exact) mass is 305 g/mol. The quantitative estimate of drug-likeness (QED) is 0.881. The Morgan fingerprint density at radius 3 is 2.82 bits per heavy atom. The summed E-state index contributed by atoms with van der Waals surface area (Å²) in [6, 6.07) is 4.86. The molecule has 1 saturated carbocycles. The molecule has 22 heavy (non-hydrogen) atoms. The molecule has 4 heteroatoms. The second-order valence-corrected chi connectivity index (χ2v) is 6.99. The van der Waals surface area contributed by atoms with Crippen LogP contribution in [-0.2, 0) is 4.79 Å². The van der Waals surface area contributed by atoms with E-state index < -0.39 is 0 Å². The fourth-order valence-corrected chi connectivity index (χ4v) is 4.06. The molecular weight excluding hydrogens is 279 g/mol. The van der Waals surface area contributed by atoms with E-state index in [1.807, 2.05) is 0 Å². The Morgan fingerprint density at radius 2 is 2.05 bits per heavy atom. The molecule has 3 rings (SSSR count). The Morgan fingerprint density at radius 1 is 1.27 bits per heavy atom. The number of amides is 1. The van der Waals surface area contributed by atoms with E-state index in [-0.39, 0.29) is 11.7 Å². The van der Waals surface area contributed by atoms with Crippen LogP contribution in [0.3, 0.4) is 0 Å². The molecule has 2 aliphatic rings. The van der Waals surface area contributed by atoms with E-state index in [1.54, 1.807) is 19.1 Å². The zero-order valence-corrected chi connectivity index (χ0v) is 13.3. The highest BCUT2D eigenvalue weighted by Crippen LogP contribution is 2.32. The lowest BCUT2D eigenvalue weighted by molar-refractivity contribution is -0.902. The zero-order chi connectivity index (χ0) is 15.5. The molecule has 0 spiro atoms. The molecule has 0 radical (unpaired) electrons. The van der Waals surface area contributed by atoms with E-state index in [1.165, 1.54) is 43.1 Å². The molecule has 2 N–H and O–H groups in total. The van der Waals surface area contributed by atoms with Gasteiger partial charge in [-0.05, 0) is 49.8 Å². The molecule has 3 nitrogen and oxygen atoms in total. The van der Waals surface area contributed by atoms with Crippen molar-refractivity contribution in [3.8, 4) is 0 Å². The van der Waals surface area contributed by atoms with Crippen LogP contribution < -0.4 is 10.2 Å². The van der Waals surface area contributed by atoms with E-state index in [4.69, 9.17) is 0 Å². The smallest absolute Gasteiger partial charge is 0.279 e. The maximum Gasteiger partial charge on any atom is 0.279 e. The molecule has 1 aromatic carbocycles. The average Bonchev–Trinajstić information content (AvgIpc) is 2.51. The Balaban J connectivity index is 1.52. The van der Waals surface area contributed by atoms with E-state index in [2.05, 4.69) is 5.32 Å². The number of fused-ring (bicyclic) bond motifs is 1. The number of hydrogen-bond acceptors (Lipinski definition) is 1. The van der Waals surface area contributed by atoms with Crippen LogP contribution in [0.2, 0.25) is 0 Å². The van der Waals surface area contributed by atoms with Crippen LogP contribution in [-0.4, -0.2) is 25.5 Å². The van der Waals surface area contributed by atoms with Gasteiger partial charge in [-0.25, -0.2) is 4.39 Å². The highest BCUT2D eigenvalue weighted by atomic mass is 19.1. The fraction of sp³-hybridized carbons (Fsp3) is 0.611. The number of carbonyl (C=O) groups is 1. The fourth-order valence-electron chi connectivity index (χ4n) is 4.06. The van der Waals surface area contributed by atoms with Crippen molar-refractivity contribution in [1.29, 1.82) is 0 Å². The van der Waals surface area contributed by atoms with Gasteiger partial charge < -0.3 is 10.2 Å². The number of rotatable bonds is 3. The molecule has 1 saturated heterocycles. The van der Waals surface area contributed by atoms with Crippen molar-refractivity contribution in [2.45, 2.75) is 39.0 Å². The third-order valence-electron chi connectivity index (χ3n) is 5.35. The second kappa shape index (κ2) is 6.78. The van der Waals surface area contributed by atoms with Crippen LogP contribution in [0.15, 0.2) is 18.2 Å². The van der Waals surface area contributed by atoms with Crippen molar-refractivity contribution in [3.63, 3.8) is 0 Å². The number of quaternary nitrogens is 1. The van der Waals surface area contributed by atoms with E-state index >= 15 is 0 Å². The first kappa shape index (κ1) is 15.5. The average molecular weight is 305 g/mol. The molecular formula is C18H26FN2O+. The van der Waals surface area contributed by atoms with Crippen molar-refractivity contribution in [3.05, 3.63) is 29.6 Å². The second-order valence-electron chi connectivity index (χ2n) is 6.99. The molecule has 1 amide bonds. The van der Waals surface area contributed by atoms with E-state index in [0.717, 1.165) is 24.9 Å². The summed E-state index contributed by atoms with van der Waals surface area (Å²) >= 11 is 0. The SMILES string of the molecule is Cc1ccc(NC(=O)C[NH+]2CC[C@H]3CCCC[C@@H]3C2)cc1F. The first-order chi connectivity index (χ1) is 10.6. The highest BCUT2D eigenvalue weighted by molar-refractivity contribution is 5.91. The summed E-state index contributed by atoms with van der Waals surface area (Å²) < 4.78 is 13.5. The number of nitrogens with one attached hydrogen (secondary N) is 2. The number of benzene rings is 1. The Bertz CT molecular complexity index is 546.